The van der Waals surface area contributed by atoms with Gasteiger partial charge in [-0.2, -0.15) is 15.0 Å². The maximum Gasteiger partial charge on any atom is 0.296 e. The summed E-state index contributed by atoms with van der Waals surface area (Å²) in [6.45, 7) is 2.28. The van der Waals surface area contributed by atoms with Gasteiger partial charge in [0, 0.05) is 31.0 Å². The quantitative estimate of drug-likeness (QED) is 0.512. The molecule has 10 heteroatoms. The first kappa shape index (κ1) is 18.5. The van der Waals surface area contributed by atoms with E-state index < -0.39 is 12.2 Å². The molecule has 0 amide bonds. The topological polar surface area (TPSA) is 81.9 Å². The van der Waals surface area contributed by atoms with Gasteiger partial charge < -0.3 is 9.64 Å². The van der Waals surface area contributed by atoms with Crippen molar-refractivity contribution in [2.75, 3.05) is 31.2 Å². The van der Waals surface area contributed by atoms with Gasteiger partial charge in [0.05, 0.1) is 24.2 Å². The summed E-state index contributed by atoms with van der Waals surface area (Å²) in [5, 5.41) is 0. The summed E-state index contributed by atoms with van der Waals surface area (Å²) in [5.41, 5.74) is 1.62. The van der Waals surface area contributed by atoms with Crippen molar-refractivity contribution < 1.29 is 13.5 Å². The van der Waals surface area contributed by atoms with Crippen molar-refractivity contribution in [2.24, 2.45) is 0 Å². The summed E-state index contributed by atoms with van der Waals surface area (Å²) in [5.74, 6) is 0.439. The SMILES string of the molecule is FC(F)c1nc2ccccc2n1-c1nc(-c2cccnc2)nc(N2CCOCC2)n1. The summed E-state index contributed by atoms with van der Waals surface area (Å²) in [7, 11) is 0. The van der Waals surface area contributed by atoms with E-state index in [1.54, 1.807) is 42.7 Å². The monoisotopic (exact) mass is 409 g/mol. The molecule has 4 heterocycles. The van der Waals surface area contributed by atoms with Gasteiger partial charge in [0.1, 0.15) is 0 Å². The number of nitrogens with zero attached hydrogens (tertiary/aromatic N) is 7. The minimum absolute atomic E-state index is 0.0920. The molecule has 0 N–H and O–H groups in total. The van der Waals surface area contributed by atoms with Gasteiger partial charge in [0.2, 0.25) is 11.9 Å². The summed E-state index contributed by atoms with van der Waals surface area (Å²) >= 11 is 0. The third kappa shape index (κ3) is 3.35. The Morgan fingerprint density at radius 1 is 0.900 bits per heavy atom. The second kappa shape index (κ2) is 7.71. The molecule has 8 nitrogen and oxygen atoms in total. The third-order valence-corrected chi connectivity index (χ3v) is 4.81. The Hall–Kier alpha value is -3.53. The van der Waals surface area contributed by atoms with Gasteiger partial charge >= 0.3 is 0 Å². The van der Waals surface area contributed by atoms with Gasteiger partial charge in [-0.3, -0.25) is 9.55 Å². The van der Waals surface area contributed by atoms with Crippen molar-refractivity contribution in [2.45, 2.75) is 6.43 Å². The van der Waals surface area contributed by atoms with E-state index in [0.29, 0.717) is 54.7 Å². The molecule has 0 bridgehead atoms. The first-order valence-corrected chi connectivity index (χ1v) is 9.46. The minimum atomic E-state index is -2.79. The van der Waals surface area contributed by atoms with E-state index in [4.69, 9.17) is 4.74 Å². The second-order valence-corrected chi connectivity index (χ2v) is 6.69. The van der Waals surface area contributed by atoms with E-state index in [0.717, 1.165) is 0 Å². The van der Waals surface area contributed by atoms with Crippen molar-refractivity contribution in [3.63, 3.8) is 0 Å². The molecule has 0 atom stereocenters. The Kier molecular flexibility index (Phi) is 4.75. The Balaban J connectivity index is 1.74. The molecule has 0 aliphatic carbocycles. The molecule has 0 radical (unpaired) electrons. The molecule has 0 spiro atoms. The average molecular weight is 409 g/mol. The van der Waals surface area contributed by atoms with Crippen LogP contribution in [0.3, 0.4) is 0 Å². The zero-order valence-corrected chi connectivity index (χ0v) is 15.8. The van der Waals surface area contributed by atoms with Crippen LogP contribution in [-0.2, 0) is 4.74 Å². The van der Waals surface area contributed by atoms with Crippen LogP contribution in [0.5, 0.6) is 0 Å². The van der Waals surface area contributed by atoms with Crippen molar-refractivity contribution in [3.8, 4) is 17.3 Å². The fraction of sp³-hybridized carbons (Fsp3) is 0.250. The zero-order valence-electron chi connectivity index (χ0n) is 15.8. The standard InChI is InChI=1S/C20H17F2N7O/c21-16(22)18-24-14-5-1-2-6-15(14)29(18)20-26-17(13-4-3-7-23-12-13)25-19(27-20)28-8-10-30-11-9-28/h1-7,12,16H,8-11H2. The van der Waals surface area contributed by atoms with Crippen LogP contribution in [0.25, 0.3) is 28.4 Å². The maximum absolute atomic E-state index is 13.8. The van der Waals surface area contributed by atoms with E-state index in [1.807, 2.05) is 11.0 Å². The summed E-state index contributed by atoms with van der Waals surface area (Å²) < 4.78 is 34.4. The molecule has 1 saturated heterocycles. The van der Waals surface area contributed by atoms with Crippen LogP contribution in [0, 0.1) is 0 Å². The van der Waals surface area contributed by atoms with E-state index in [9.17, 15) is 8.78 Å². The lowest BCUT2D eigenvalue weighted by atomic mass is 10.3. The number of imidazole rings is 1. The molecule has 1 aliphatic heterocycles. The third-order valence-electron chi connectivity index (χ3n) is 4.81. The Morgan fingerprint density at radius 3 is 2.47 bits per heavy atom. The van der Waals surface area contributed by atoms with Gasteiger partial charge in [-0.05, 0) is 24.3 Å². The second-order valence-electron chi connectivity index (χ2n) is 6.69. The maximum atomic E-state index is 13.8. The van der Waals surface area contributed by atoms with Gasteiger partial charge in [0.25, 0.3) is 6.43 Å². The number of anilines is 1. The van der Waals surface area contributed by atoms with Crippen LogP contribution in [0.15, 0.2) is 48.8 Å². The molecule has 4 aromatic rings. The number of halogens is 2. The lowest BCUT2D eigenvalue weighted by Gasteiger charge is -2.27. The number of aromatic nitrogens is 6. The molecule has 0 unspecified atom stereocenters. The molecular formula is C20H17F2N7O. The summed E-state index contributed by atoms with van der Waals surface area (Å²) in [6.07, 6.45) is 0.484. The normalized spacial score (nSPS) is 14.6. The highest BCUT2D eigenvalue weighted by Gasteiger charge is 2.24. The van der Waals surface area contributed by atoms with E-state index >= 15 is 0 Å². The first-order valence-electron chi connectivity index (χ1n) is 9.46. The Bertz CT molecular complexity index is 1180. The number of hydrogen-bond acceptors (Lipinski definition) is 7. The minimum Gasteiger partial charge on any atom is -0.378 e. The van der Waals surface area contributed by atoms with Crippen LogP contribution in [-0.4, -0.2) is 55.8 Å². The van der Waals surface area contributed by atoms with Gasteiger partial charge in [0.15, 0.2) is 11.6 Å². The summed E-state index contributed by atoms with van der Waals surface area (Å²) in [6, 6.07) is 10.5. The molecule has 30 heavy (non-hydrogen) atoms. The lowest BCUT2D eigenvalue weighted by Crippen LogP contribution is -2.37. The van der Waals surface area contributed by atoms with Crippen LogP contribution >= 0.6 is 0 Å². The molecule has 5 rings (SSSR count). The van der Waals surface area contributed by atoms with E-state index in [1.165, 1.54) is 4.57 Å². The van der Waals surface area contributed by atoms with Gasteiger partial charge in [-0.25, -0.2) is 13.8 Å². The highest BCUT2D eigenvalue weighted by Crippen LogP contribution is 2.28. The van der Waals surface area contributed by atoms with Crippen LogP contribution in [0.1, 0.15) is 12.2 Å². The molecule has 3 aromatic heterocycles. The van der Waals surface area contributed by atoms with E-state index in [2.05, 4.69) is 24.9 Å². The van der Waals surface area contributed by atoms with Gasteiger partial charge in [-0.15, -0.1) is 0 Å². The first-order chi connectivity index (χ1) is 14.7. The van der Waals surface area contributed by atoms with Gasteiger partial charge in [-0.1, -0.05) is 12.1 Å². The molecular weight excluding hydrogens is 392 g/mol. The number of benzene rings is 1. The number of ether oxygens (including phenoxy) is 1. The summed E-state index contributed by atoms with van der Waals surface area (Å²) in [4.78, 5) is 23.8. The number of para-hydroxylation sites is 2. The molecule has 1 fully saturated rings. The van der Waals surface area contributed by atoms with Crippen molar-refractivity contribution in [3.05, 3.63) is 54.6 Å². The number of rotatable bonds is 4. The van der Waals surface area contributed by atoms with Crippen LogP contribution in [0.2, 0.25) is 0 Å². The smallest absolute Gasteiger partial charge is 0.296 e. The number of pyridine rings is 1. The average Bonchev–Trinajstić information content (AvgIpc) is 3.20. The fourth-order valence-electron chi connectivity index (χ4n) is 3.38. The molecule has 0 saturated carbocycles. The highest BCUT2D eigenvalue weighted by atomic mass is 19.3. The molecule has 152 valence electrons. The molecule has 1 aliphatic rings. The number of morpholine rings is 1. The lowest BCUT2D eigenvalue weighted by molar-refractivity contribution is 0.122. The number of hydrogen-bond donors (Lipinski definition) is 0. The highest BCUT2D eigenvalue weighted by molar-refractivity contribution is 5.77. The Labute approximate surface area is 170 Å². The van der Waals surface area contributed by atoms with Crippen LogP contribution < -0.4 is 4.90 Å². The van der Waals surface area contributed by atoms with Crippen molar-refractivity contribution in [1.29, 1.82) is 0 Å². The largest absolute Gasteiger partial charge is 0.378 e. The Morgan fingerprint density at radius 2 is 1.70 bits per heavy atom. The zero-order chi connectivity index (χ0) is 20.5. The number of alkyl halides is 2. The molecule has 1 aromatic carbocycles. The predicted molar refractivity (Wildman–Crippen MR) is 106 cm³/mol. The van der Waals surface area contributed by atoms with E-state index in [-0.39, 0.29) is 5.95 Å². The van der Waals surface area contributed by atoms with Crippen molar-refractivity contribution in [1.82, 2.24) is 29.5 Å². The van der Waals surface area contributed by atoms with Crippen molar-refractivity contribution >= 4 is 17.0 Å². The fourth-order valence-corrected chi connectivity index (χ4v) is 3.38. The van der Waals surface area contributed by atoms with Crippen LogP contribution in [0.4, 0.5) is 14.7 Å². The number of fused-ring (bicyclic) bond motifs is 1. The predicted octanol–water partition coefficient (Wildman–Crippen LogP) is 3.05.